The molecule has 0 aromatic heterocycles. The van der Waals surface area contributed by atoms with Crippen molar-refractivity contribution < 1.29 is 25.4 Å². The highest BCUT2D eigenvalue weighted by molar-refractivity contribution is 7.87. The van der Waals surface area contributed by atoms with E-state index >= 15 is 0 Å². The Labute approximate surface area is 166 Å². The molecule has 2 rings (SSSR count). The summed E-state index contributed by atoms with van der Waals surface area (Å²) in [7, 11) is -7.60. The second-order valence-electron chi connectivity index (χ2n) is 6.56. The van der Waals surface area contributed by atoms with Gasteiger partial charge in [-0.15, -0.1) is 0 Å². The highest BCUT2D eigenvalue weighted by Gasteiger charge is 2.20. The van der Waals surface area contributed by atoms with E-state index in [1.54, 1.807) is 52.0 Å². The Hall–Kier alpha value is -1.82. The molecule has 0 fully saturated rings. The van der Waals surface area contributed by atoms with E-state index in [1.165, 1.54) is 0 Å². The van der Waals surface area contributed by atoms with Gasteiger partial charge in [0.2, 0.25) is 0 Å². The summed E-state index contributed by atoms with van der Waals surface area (Å²) >= 11 is 0. The Morgan fingerprint density at radius 2 is 0.786 bits per heavy atom. The average molecular weight is 431 g/mol. The van der Waals surface area contributed by atoms with Crippen molar-refractivity contribution in [2.75, 3.05) is 0 Å². The molecule has 0 aliphatic carbocycles. The minimum absolute atomic E-state index is 0.158. The van der Waals surface area contributed by atoms with E-state index in [0.717, 1.165) is 11.1 Å². The summed E-state index contributed by atoms with van der Waals surface area (Å²) in [4.78, 5) is 0.316. The average Bonchev–Trinajstić information content (AvgIpc) is 2.52. The summed E-state index contributed by atoms with van der Waals surface area (Å²) in [5.41, 5.74) is 4.61. The number of aryl methyl sites for hydroxylation is 6. The maximum absolute atomic E-state index is 11.4. The van der Waals surface area contributed by atoms with Gasteiger partial charge in [0, 0.05) is 0 Å². The second-order valence-corrected chi connectivity index (χ2v) is 9.57. The molecule has 0 saturated carbocycles. The topological polar surface area (TPSA) is 139 Å². The monoisotopic (exact) mass is 430 g/mol. The molecule has 0 radical (unpaired) electrons. The molecule has 0 saturated heterocycles. The second kappa shape index (κ2) is 9.12. The smallest absolute Gasteiger partial charge is 0.197 e. The number of hydrogen-bond donors (Lipinski definition) is 2. The van der Waals surface area contributed by atoms with Gasteiger partial charge in [-0.2, -0.15) is 37.2 Å². The van der Waals surface area contributed by atoms with Crippen LogP contribution >= 0.6 is 0 Å². The van der Waals surface area contributed by atoms with Crippen molar-refractivity contribution in [3.8, 4) is 0 Å². The molecule has 4 N–H and O–H groups in total. The molecule has 0 heterocycles. The summed E-state index contributed by atoms with van der Waals surface area (Å²) in [6.45, 7) is 10.7. The van der Waals surface area contributed by atoms with Crippen molar-refractivity contribution in [2.24, 2.45) is 11.8 Å². The standard InChI is InChI=1S/2C9H13NO3S/c2*1-6-4-7(2)9(8(3)5-6)14(11,12)13-10/h2*4-5H,10H2,1-3H3. The number of rotatable bonds is 4. The van der Waals surface area contributed by atoms with Gasteiger partial charge >= 0.3 is 20.2 Å². The molecule has 10 heteroatoms. The normalized spacial score (nSPS) is 11.7. The van der Waals surface area contributed by atoms with Gasteiger partial charge in [0.15, 0.2) is 0 Å². The molecule has 8 nitrogen and oxygen atoms in total. The lowest BCUT2D eigenvalue weighted by Crippen LogP contribution is -2.14. The van der Waals surface area contributed by atoms with Crippen LogP contribution in [0, 0.1) is 41.5 Å². The summed E-state index contributed by atoms with van der Waals surface area (Å²) < 4.78 is 53.6. The fourth-order valence-electron chi connectivity index (χ4n) is 3.22. The molecule has 156 valence electrons. The Balaban J connectivity index is 0.000000280. The Kier molecular flexibility index (Phi) is 7.89. The molecular formula is C18H26N2O6S2. The van der Waals surface area contributed by atoms with Gasteiger partial charge in [-0.05, 0) is 63.8 Å². The zero-order valence-corrected chi connectivity index (χ0v) is 18.4. The van der Waals surface area contributed by atoms with Crippen LogP contribution < -0.4 is 11.8 Å². The minimum Gasteiger partial charge on any atom is -0.197 e. The Morgan fingerprint density at radius 1 is 0.571 bits per heavy atom. The van der Waals surface area contributed by atoms with Crippen molar-refractivity contribution in [1.82, 2.24) is 0 Å². The van der Waals surface area contributed by atoms with Crippen LogP contribution in [0.25, 0.3) is 0 Å². The van der Waals surface area contributed by atoms with Crippen molar-refractivity contribution in [1.29, 1.82) is 0 Å². The first-order valence-electron chi connectivity index (χ1n) is 8.19. The van der Waals surface area contributed by atoms with E-state index in [4.69, 9.17) is 11.8 Å². The van der Waals surface area contributed by atoms with Crippen LogP contribution in [0.3, 0.4) is 0 Å². The van der Waals surface area contributed by atoms with Gasteiger partial charge in [-0.1, -0.05) is 35.4 Å². The van der Waals surface area contributed by atoms with Gasteiger partial charge in [0.05, 0.1) is 0 Å². The summed E-state index contributed by atoms with van der Waals surface area (Å²) in [5, 5.41) is 0. The first kappa shape index (κ1) is 24.2. The van der Waals surface area contributed by atoms with Gasteiger partial charge in [-0.3, -0.25) is 0 Å². The van der Waals surface area contributed by atoms with Crippen LogP contribution in [0.2, 0.25) is 0 Å². The van der Waals surface area contributed by atoms with Crippen LogP contribution in [0.15, 0.2) is 34.1 Å². The molecule has 0 aliphatic heterocycles. The first-order valence-corrected chi connectivity index (χ1v) is 11.0. The molecule has 2 aromatic rings. The van der Waals surface area contributed by atoms with Crippen molar-refractivity contribution in [2.45, 2.75) is 51.3 Å². The lowest BCUT2D eigenvalue weighted by molar-refractivity contribution is 0.331. The largest absolute Gasteiger partial charge is 0.313 e. The zero-order valence-electron chi connectivity index (χ0n) is 16.7. The fourth-order valence-corrected chi connectivity index (χ4v) is 5.22. The van der Waals surface area contributed by atoms with E-state index in [0.29, 0.717) is 22.3 Å². The molecule has 0 unspecified atom stereocenters. The van der Waals surface area contributed by atoms with Crippen LogP contribution in [0.1, 0.15) is 33.4 Å². The summed E-state index contributed by atoms with van der Waals surface area (Å²) in [6, 6.07) is 7.11. The number of nitrogens with two attached hydrogens (primary N) is 2. The predicted octanol–water partition coefficient (Wildman–Crippen LogP) is 2.38. The highest BCUT2D eigenvalue weighted by Crippen LogP contribution is 2.23. The van der Waals surface area contributed by atoms with Crippen LogP contribution in [-0.2, 0) is 28.8 Å². The number of hydrogen-bond acceptors (Lipinski definition) is 8. The molecule has 0 bridgehead atoms. The lowest BCUT2D eigenvalue weighted by atomic mass is 10.1. The summed E-state index contributed by atoms with van der Waals surface area (Å²) in [6.07, 6.45) is 0. The summed E-state index contributed by atoms with van der Waals surface area (Å²) in [5.74, 6) is 9.45. The molecular weight excluding hydrogens is 404 g/mol. The molecule has 0 aliphatic rings. The van der Waals surface area contributed by atoms with E-state index < -0.39 is 20.2 Å². The van der Waals surface area contributed by atoms with E-state index in [2.05, 4.69) is 8.57 Å². The molecule has 0 spiro atoms. The van der Waals surface area contributed by atoms with Gasteiger partial charge in [-0.25, -0.2) is 0 Å². The quantitative estimate of drug-likeness (QED) is 0.705. The van der Waals surface area contributed by atoms with Crippen molar-refractivity contribution >= 4 is 20.2 Å². The molecule has 0 amide bonds. The third kappa shape index (κ3) is 5.60. The zero-order chi connectivity index (χ0) is 21.9. The van der Waals surface area contributed by atoms with Gasteiger partial charge < -0.3 is 0 Å². The highest BCUT2D eigenvalue weighted by atomic mass is 32.2. The van der Waals surface area contributed by atoms with Gasteiger partial charge in [0.25, 0.3) is 0 Å². The third-order valence-corrected chi connectivity index (χ3v) is 6.76. The van der Waals surface area contributed by atoms with E-state index in [1.807, 2.05) is 13.8 Å². The third-order valence-electron chi connectivity index (χ3n) is 3.96. The number of benzene rings is 2. The van der Waals surface area contributed by atoms with E-state index in [9.17, 15) is 16.8 Å². The van der Waals surface area contributed by atoms with Crippen molar-refractivity contribution in [3.63, 3.8) is 0 Å². The Bertz CT molecular complexity index is 944. The molecule has 2 aromatic carbocycles. The predicted molar refractivity (Wildman–Crippen MR) is 106 cm³/mol. The van der Waals surface area contributed by atoms with E-state index in [-0.39, 0.29) is 9.79 Å². The SMILES string of the molecule is Cc1cc(C)c(S(=O)(=O)ON)c(C)c1.Cc1cc(C)c(S(=O)(=O)ON)c(C)c1. The lowest BCUT2D eigenvalue weighted by Gasteiger charge is -2.09. The first-order chi connectivity index (χ1) is 12.8. The van der Waals surface area contributed by atoms with Crippen LogP contribution in [0.4, 0.5) is 0 Å². The minimum atomic E-state index is -3.80. The van der Waals surface area contributed by atoms with Crippen LogP contribution in [-0.4, -0.2) is 16.8 Å². The Morgan fingerprint density at radius 3 is 0.964 bits per heavy atom. The maximum Gasteiger partial charge on any atom is 0.313 e. The molecule has 28 heavy (non-hydrogen) atoms. The van der Waals surface area contributed by atoms with Gasteiger partial charge in [0.1, 0.15) is 9.79 Å². The molecule has 0 atom stereocenters. The fraction of sp³-hybridized carbons (Fsp3) is 0.333. The van der Waals surface area contributed by atoms with Crippen LogP contribution in [0.5, 0.6) is 0 Å². The maximum atomic E-state index is 11.4. The van der Waals surface area contributed by atoms with Crippen molar-refractivity contribution in [3.05, 3.63) is 57.6 Å².